The Kier molecular flexibility index (Phi) is 4.99. The average Bonchev–Trinajstić information content (AvgIpc) is 3.41. The Morgan fingerprint density at radius 2 is 1.66 bits per heavy atom. The molecule has 1 amide bonds. The Balaban J connectivity index is 1.71. The predicted molar refractivity (Wildman–Crippen MR) is 124 cm³/mol. The van der Waals surface area contributed by atoms with Gasteiger partial charge in [0.15, 0.2) is 0 Å². The van der Waals surface area contributed by atoms with Crippen LogP contribution in [0.25, 0.3) is 16.5 Å². The average molecular weight is 442 g/mol. The van der Waals surface area contributed by atoms with Crippen LogP contribution in [0.4, 0.5) is 0 Å². The molecule has 0 radical (unpaired) electrons. The summed E-state index contributed by atoms with van der Waals surface area (Å²) in [5.74, 6) is -1.49. The lowest BCUT2D eigenvalue weighted by Crippen LogP contribution is -2.28. The molecule has 0 bridgehead atoms. The van der Waals surface area contributed by atoms with Crippen LogP contribution < -0.4 is 0 Å². The van der Waals surface area contributed by atoms with Crippen LogP contribution in [0.1, 0.15) is 22.0 Å². The summed E-state index contributed by atoms with van der Waals surface area (Å²) >= 11 is 1.50. The molecule has 5 nitrogen and oxygen atoms in total. The smallest absolute Gasteiger partial charge is 0.295 e. The first-order chi connectivity index (χ1) is 15.5. The summed E-state index contributed by atoms with van der Waals surface area (Å²) in [6, 6.07) is 22.5. The fourth-order valence-electron chi connectivity index (χ4n) is 4.19. The predicted octanol–water partition coefficient (Wildman–Crippen LogP) is 5.23. The maximum absolute atomic E-state index is 13.2. The molecule has 2 heterocycles. The zero-order valence-electron chi connectivity index (χ0n) is 16.9. The Bertz CT molecular complexity index is 1350. The van der Waals surface area contributed by atoms with Crippen LogP contribution in [0.3, 0.4) is 0 Å². The van der Waals surface area contributed by atoms with Crippen molar-refractivity contribution in [3.63, 3.8) is 0 Å². The second-order valence-electron chi connectivity index (χ2n) is 7.62. The number of aliphatic hydroxyl groups is 1. The lowest BCUT2D eigenvalue weighted by atomic mass is 9.93. The number of amides is 1. The maximum atomic E-state index is 13.2. The van der Waals surface area contributed by atoms with Gasteiger partial charge in [0.2, 0.25) is 0 Å². The number of ketones is 1. The van der Waals surface area contributed by atoms with Crippen LogP contribution in [-0.4, -0.2) is 26.8 Å². The minimum Gasteiger partial charge on any atom is -0.508 e. The van der Waals surface area contributed by atoms with Gasteiger partial charge >= 0.3 is 0 Å². The van der Waals surface area contributed by atoms with Gasteiger partial charge in [-0.3, -0.25) is 9.59 Å². The van der Waals surface area contributed by atoms with Crippen molar-refractivity contribution in [1.29, 1.82) is 0 Å². The van der Waals surface area contributed by atoms with Crippen molar-refractivity contribution in [2.45, 2.75) is 12.6 Å². The molecule has 1 saturated heterocycles. The highest BCUT2D eigenvalue weighted by molar-refractivity contribution is 7.09. The number of hydrogen-bond donors (Lipinski definition) is 2. The first-order valence-corrected chi connectivity index (χ1v) is 11.0. The van der Waals surface area contributed by atoms with E-state index < -0.39 is 17.7 Å². The normalized spacial score (nSPS) is 17.9. The third-order valence-corrected chi connectivity index (χ3v) is 6.56. The topological polar surface area (TPSA) is 77.8 Å². The van der Waals surface area contributed by atoms with E-state index in [1.807, 2.05) is 53.9 Å². The fraction of sp³-hybridized carbons (Fsp3) is 0.0769. The number of carbonyl (C=O) groups is 2. The van der Waals surface area contributed by atoms with Gasteiger partial charge in [-0.2, -0.15) is 0 Å². The van der Waals surface area contributed by atoms with Crippen molar-refractivity contribution in [1.82, 2.24) is 4.90 Å². The molecule has 3 aromatic carbocycles. The number of thiophene rings is 1. The first-order valence-electron chi connectivity index (χ1n) is 10.1. The number of hydrogen-bond acceptors (Lipinski definition) is 5. The van der Waals surface area contributed by atoms with Gasteiger partial charge in [-0.1, -0.05) is 60.7 Å². The largest absolute Gasteiger partial charge is 0.508 e. The Labute approximate surface area is 188 Å². The summed E-state index contributed by atoms with van der Waals surface area (Å²) in [7, 11) is 0. The van der Waals surface area contributed by atoms with Crippen LogP contribution in [0.2, 0.25) is 0 Å². The molecule has 0 spiro atoms. The molecule has 2 N–H and O–H groups in total. The Morgan fingerprint density at radius 3 is 2.41 bits per heavy atom. The van der Waals surface area contributed by atoms with E-state index in [2.05, 4.69) is 0 Å². The highest BCUT2D eigenvalue weighted by Crippen LogP contribution is 2.41. The molecule has 1 aromatic heterocycles. The van der Waals surface area contributed by atoms with E-state index in [-0.39, 0.29) is 23.6 Å². The van der Waals surface area contributed by atoms with Crippen molar-refractivity contribution in [2.24, 2.45) is 0 Å². The molecule has 158 valence electrons. The van der Waals surface area contributed by atoms with E-state index in [1.165, 1.54) is 28.4 Å². The third-order valence-electron chi connectivity index (χ3n) is 5.70. The van der Waals surface area contributed by atoms with E-state index in [9.17, 15) is 19.8 Å². The van der Waals surface area contributed by atoms with Crippen molar-refractivity contribution >= 4 is 39.6 Å². The highest BCUT2D eigenvalue weighted by Gasteiger charge is 2.46. The van der Waals surface area contributed by atoms with E-state index in [4.69, 9.17) is 0 Å². The molecule has 1 aliphatic heterocycles. The van der Waals surface area contributed by atoms with Crippen LogP contribution in [0.5, 0.6) is 5.75 Å². The molecule has 4 aromatic rings. The number of aromatic hydroxyl groups is 1. The number of Topliss-reactive ketones (excluding diaryl/α,β-unsaturated/α-hetero) is 1. The summed E-state index contributed by atoms with van der Waals surface area (Å²) in [6.07, 6.45) is 0. The van der Waals surface area contributed by atoms with E-state index in [0.29, 0.717) is 11.1 Å². The number of carbonyl (C=O) groups excluding carboxylic acids is 2. The third kappa shape index (κ3) is 3.35. The number of rotatable bonds is 4. The molecule has 1 aliphatic rings. The van der Waals surface area contributed by atoms with Crippen LogP contribution in [-0.2, 0) is 16.1 Å². The number of likely N-dealkylation sites (tertiary alicyclic amines) is 1. The number of phenolic OH excluding ortho intramolecular Hbond substituents is 1. The monoisotopic (exact) mass is 441 g/mol. The maximum Gasteiger partial charge on any atom is 0.295 e. The Hall–Kier alpha value is -3.90. The minimum absolute atomic E-state index is 0.0496. The lowest BCUT2D eigenvalue weighted by Gasteiger charge is -2.25. The second kappa shape index (κ2) is 7.98. The summed E-state index contributed by atoms with van der Waals surface area (Å²) < 4.78 is 0. The lowest BCUT2D eigenvalue weighted by molar-refractivity contribution is -0.140. The number of fused-ring (bicyclic) bond motifs is 1. The van der Waals surface area contributed by atoms with Gasteiger partial charge in [0, 0.05) is 10.4 Å². The Morgan fingerprint density at radius 1 is 0.906 bits per heavy atom. The van der Waals surface area contributed by atoms with Crippen LogP contribution in [0, 0.1) is 0 Å². The molecule has 0 saturated carbocycles. The number of nitrogens with zero attached hydrogens (tertiary/aromatic N) is 1. The van der Waals surface area contributed by atoms with Crippen molar-refractivity contribution in [2.75, 3.05) is 0 Å². The molecule has 1 unspecified atom stereocenters. The molecule has 32 heavy (non-hydrogen) atoms. The number of phenols is 1. The van der Waals surface area contributed by atoms with Gasteiger partial charge in [-0.15, -0.1) is 11.3 Å². The van der Waals surface area contributed by atoms with Crippen molar-refractivity contribution in [3.8, 4) is 5.75 Å². The molecule has 1 atom stereocenters. The molecule has 1 fully saturated rings. The van der Waals surface area contributed by atoms with Crippen molar-refractivity contribution < 1.29 is 19.8 Å². The zero-order chi connectivity index (χ0) is 22.2. The minimum atomic E-state index is -0.767. The molecular formula is C26H19NO4S. The van der Waals surface area contributed by atoms with E-state index in [0.717, 1.165) is 15.6 Å². The quantitative estimate of drug-likeness (QED) is 0.258. The molecule has 0 aliphatic carbocycles. The first kappa shape index (κ1) is 20.0. The van der Waals surface area contributed by atoms with Gasteiger partial charge in [-0.05, 0) is 39.9 Å². The highest BCUT2D eigenvalue weighted by atomic mass is 32.1. The fourth-order valence-corrected chi connectivity index (χ4v) is 4.90. The second-order valence-corrected chi connectivity index (χ2v) is 8.66. The summed E-state index contributed by atoms with van der Waals surface area (Å²) in [5.41, 5.74) is 1.19. The summed E-state index contributed by atoms with van der Waals surface area (Å²) in [6.45, 7) is 0.250. The van der Waals surface area contributed by atoms with Crippen LogP contribution >= 0.6 is 11.3 Å². The van der Waals surface area contributed by atoms with E-state index >= 15 is 0 Å². The molecule has 5 rings (SSSR count). The van der Waals surface area contributed by atoms with Gasteiger partial charge in [0.1, 0.15) is 11.5 Å². The summed E-state index contributed by atoms with van der Waals surface area (Å²) in [4.78, 5) is 28.7. The van der Waals surface area contributed by atoms with Gasteiger partial charge < -0.3 is 15.1 Å². The van der Waals surface area contributed by atoms with E-state index in [1.54, 1.807) is 18.2 Å². The summed E-state index contributed by atoms with van der Waals surface area (Å²) in [5, 5.41) is 24.7. The SMILES string of the molecule is O=C1C(=O)N(Cc2cccs2)C(c2ccc(O)cc2)/C1=C(/O)c1cccc2ccccc12. The van der Waals surface area contributed by atoms with Gasteiger partial charge in [-0.25, -0.2) is 0 Å². The standard InChI is InChI=1S/C26H19NO4S/c28-18-12-10-17(11-13-18)23-22(25(30)26(31)27(23)15-19-7-4-14-32-19)24(29)21-9-3-6-16-5-1-2-8-20(16)21/h1-14,23,28-29H,15H2/b24-22-. The van der Waals surface area contributed by atoms with Crippen molar-refractivity contribution in [3.05, 3.63) is 106 Å². The number of benzene rings is 3. The zero-order valence-corrected chi connectivity index (χ0v) is 17.8. The molecule has 6 heteroatoms. The van der Waals surface area contributed by atoms with Crippen LogP contribution in [0.15, 0.2) is 89.8 Å². The molecular weight excluding hydrogens is 422 g/mol. The van der Waals surface area contributed by atoms with Gasteiger partial charge in [0.25, 0.3) is 11.7 Å². The number of aliphatic hydroxyl groups excluding tert-OH is 1. The van der Waals surface area contributed by atoms with Gasteiger partial charge in [0.05, 0.1) is 18.2 Å².